The lowest BCUT2D eigenvalue weighted by molar-refractivity contribution is -0.112. The highest BCUT2D eigenvalue weighted by atomic mass is 16.2. The van der Waals surface area contributed by atoms with E-state index >= 15 is 0 Å². The largest absolute Gasteiger partial charge is 0.318 e. The monoisotopic (exact) mass is 314 g/mol. The molecule has 23 heavy (non-hydrogen) atoms. The Morgan fingerprint density at radius 1 is 1.17 bits per heavy atom. The highest BCUT2D eigenvalue weighted by Gasteiger charge is 2.34. The lowest BCUT2D eigenvalue weighted by atomic mass is 9.78. The molecule has 1 aliphatic heterocycles. The molecule has 1 aromatic carbocycles. The van der Waals surface area contributed by atoms with E-state index in [1.807, 2.05) is 12.1 Å². The van der Waals surface area contributed by atoms with E-state index in [4.69, 9.17) is 0 Å². The summed E-state index contributed by atoms with van der Waals surface area (Å²) in [6.07, 6.45) is 4.49. The quantitative estimate of drug-likeness (QED) is 0.848. The molecule has 1 N–H and O–H groups in total. The molecule has 0 saturated heterocycles. The van der Waals surface area contributed by atoms with Crippen LogP contribution in [0.25, 0.3) is 0 Å². The van der Waals surface area contributed by atoms with Gasteiger partial charge in [-0.2, -0.15) is 0 Å². The molecule has 1 heterocycles. The Kier molecular flexibility index (Phi) is 4.53. The van der Waals surface area contributed by atoms with Gasteiger partial charge in [0, 0.05) is 6.04 Å². The van der Waals surface area contributed by atoms with Gasteiger partial charge in [0.15, 0.2) is 0 Å². The minimum absolute atomic E-state index is 0.393. The van der Waals surface area contributed by atoms with Gasteiger partial charge >= 0.3 is 0 Å². The zero-order valence-corrected chi connectivity index (χ0v) is 14.3. The minimum Gasteiger partial charge on any atom is -0.318 e. The molecule has 124 valence electrons. The molecule has 0 bridgehead atoms. The van der Waals surface area contributed by atoms with Crippen molar-refractivity contribution >= 4 is 17.4 Å². The lowest BCUT2D eigenvalue weighted by Crippen LogP contribution is -2.42. The smallest absolute Gasteiger partial charge is 0.296 e. The van der Waals surface area contributed by atoms with Crippen molar-refractivity contribution in [1.82, 2.24) is 4.90 Å². The topological polar surface area (TPSA) is 49.4 Å². The fourth-order valence-corrected chi connectivity index (χ4v) is 4.17. The molecular formula is C19H26N2O2. The van der Waals surface area contributed by atoms with Crippen molar-refractivity contribution in [2.45, 2.75) is 58.4 Å². The molecule has 2 atom stereocenters. The minimum atomic E-state index is -0.495. The third-order valence-corrected chi connectivity index (χ3v) is 5.25. The number of nitrogens with one attached hydrogen (secondary N) is 1. The van der Waals surface area contributed by atoms with Crippen LogP contribution in [0.3, 0.4) is 0 Å². The predicted molar refractivity (Wildman–Crippen MR) is 92.1 cm³/mol. The maximum Gasteiger partial charge on any atom is 0.296 e. The standard InChI is InChI=1S/C19H26N2O2/c1-4-8-21(9-5-2)17-7-6-13-10-16-15(11-14(13)12(17)3)18(22)19(23)20-16/h10-12,17H,4-9H2,1-3H3,(H,20,22,23)/t12-,17+/m1/s1. The number of hydrogen-bond donors (Lipinski definition) is 1. The van der Waals surface area contributed by atoms with E-state index < -0.39 is 11.7 Å². The fraction of sp³-hybridized carbons (Fsp3) is 0.579. The van der Waals surface area contributed by atoms with Gasteiger partial charge in [-0.15, -0.1) is 0 Å². The third-order valence-electron chi connectivity index (χ3n) is 5.25. The van der Waals surface area contributed by atoms with Gasteiger partial charge in [0.05, 0.1) is 11.3 Å². The number of carbonyl (C=O) groups is 2. The maximum absolute atomic E-state index is 12.0. The first-order valence-corrected chi connectivity index (χ1v) is 8.83. The molecule has 0 saturated carbocycles. The summed E-state index contributed by atoms with van der Waals surface area (Å²) in [5.74, 6) is -0.494. The van der Waals surface area contributed by atoms with Gasteiger partial charge in [0.25, 0.3) is 11.7 Å². The number of nitrogens with zero attached hydrogens (tertiary/aromatic N) is 1. The molecule has 0 spiro atoms. The fourth-order valence-electron chi connectivity index (χ4n) is 4.17. The van der Waals surface area contributed by atoms with Crippen LogP contribution in [0, 0.1) is 0 Å². The number of ketones is 1. The molecule has 1 aliphatic carbocycles. The van der Waals surface area contributed by atoms with Crippen molar-refractivity contribution in [3.8, 4) is 0 Å². The summed E-state index contributed by atoms with van der Waals surface area (Å²) >= 11 is 0. The second kappa shape index (κ2) is 6.44. The number of benzene rings is 1. The molecule has 4 heteroatoms. The predicted octanol–water partition coefficient (Wildman–Crippen LogP) is 3.36. The summed E-state index contributed by atoms with van der Waals surface area (Å²) in [7, 11) is 0. The molecule has 2 aliphatic rings. The van der Waals surface area contributed by atoms with Gasteiger partial charge in [-0.05, 0) is 68.0 Å². The number of anilines is 1. The van der Waals surface area contributed by atoms with Gasteiger partial charge < -0.3 is 5.32 Å². The van der Waals surface area contributed by atoms with Crippen LogP contribution in [0.2, 0.25) is 0 Å². The lowest BCUT2D eigenvalue weighted by Gasteiger charge is -2.40. The van der Waals surface area contributed by atoms with E-state index in [9.17, 15) is 9.59 Å². The number of amides is 1. The molecule has 0 radical (unpaired) electrons. The molecule has 0 fully saturated rings. The SMILES string of the molecule is CCCN(CCC)[C@H]1CCc2cc3c(cc2[C@H]1C)C(=O)C(=O)N3. The second-order valence-electron chi connectivity index (χ2n) is 6.81. The van der Waals surface area contributed by atoms with E-state index in [0.29, 0.717) is 23.2 Å². The molecule has 1 aromatic rings. The number of rotatable bonds is 5. The number of fused-ring (bicyclic) bond motifs is 2. The van der Waals surface area contributed by atoms with Crippen LogP contribution < -0.4 is 5.32 Å². The maximum atomic E-state index is 12.0. The van der Waals surface area contributed by atoms with E-state index in [0.717, 1.165) is 38.8 Å². The summed E-state index contributed by atoms with van der Waals surface area (Å²) in [6.45, 7) is 8.98. The first-order chi connectivity index (χ1) is 11.1. The molecule has 3 rings (SSSR count). The Balaban J connectivity index is 1.92. The van der Waals surface area contributed by atoms with E-state index in [-0.39, 0.29) is 0 Å². The van der Waals surface area contributed by atoms with Gasteiger partial charge in [-0.25, -0.2) is 0 Å². The molecule has 4 nitrogen and oxygen atoms in total. The van der Waals surface area contributed by atoms with Gasteiger partial charge in [-0.1, -0.05) is 20.8 Å². The van der Waals surface area contributed by atoms with E-state index in [1.54, 1.807) is 0 Å². The third kappa shape index (κ3) is 2.80. The van der Waals surface area contributed by atoms with Crippen LogP contribution in [0.4, 0.5) is 5.69 Å². The Bertz CT molecular complexity index is 633. The Hall–Kier alpha value is -1.68. The summed E-state index contributed by atoms with van der Waals surface area (Å²) in [6, 6.07) is 4.52. The van der Waals surface area contributed by atoms with E-state index in [2.05, 4.69) is 31.0 Å². The van der Waals surface area contributed by atoms with Crippen molar-refractivity contribution < 1.29 is 9.59 Å². The van der Waals surface area contributed by atoms with Crippen molar-refractivity contribution in [2.75, 3.05) is 18.4 Å². The van der Waals surface area contributed by atoms with Crippen LogP contribution in [0.5, 0.6) is 0 Å². The Morgan fingerprint density at radius 2 is 1.87 bits per heavy atom. The van der Waals surface area contributed by atoms with Crippen LogP contribution >= 0.6 is 0 Å². The summed E-state index contributed by atoms with van der Waals surface area (Å²) in [4.78, 5) is 26.2. The van der Waals surface area contributed by atoms with Crippen LogP contribution in [0.1, 0.15) is 67.4 Å². The van der Waals surface area contributed by atoms with Crippen molar-refractivity contribution in [3.05, 3.63) is 28.8 Å². The molecule has 1 amide bonds. The van der Waals surface area contributed by atoms with Crippen molar-refractivity contribution in [2.24, 2.45) is 0 Å². The summed E-state index contributed by atoms with van der Waals surface area (Å²) in [5, 5.41) is 2.69. The number of Topliss-reactive ketones (excluding diaryl/α,β-unsaturated/α-hetero) is 1. The van der Waals surface area contributed by atoms with E-state index in [1.165, 1.54) is 11.1 Å². The number of hydrogen-bond acceptors (Lipinski definition) is 3. The number of carbonyl (C=O) groups excluding carboxylic acids is 2. The highest BCUT2D eigenvalue weighted by Crippen LogP contribution is 2.38. The second-order valence-corrected chi connectivity index (χ2v) is 6.81. The molecule has 0 unspecified atom stereocenters. The van der Waals surface area contributed by atoms with Gasteiger partial charge in [-0.3, -0.25) is 14.5 Å². The van der Waals surface area contributed by atoms with Gasteiger partial charge in [0.1, 0.15) is 0 Å². The summed E-state index contributed by atoms with van der Waals surface area (Å²) < 4.78 is 0. The van der Waals surface area contributed by atoms with Crippen molar-refractivity contribution in [3.63, 3.8) is 0 Å². The average Bonchev–Trinajstić information content (AvgIpc) is 2.80. The Morgan fingerprint density at radius 3 is 2.52 bits per heavy atom. The normalized spacial score (nSPS) is 23.0. The zero-order valence-electron chi connectivity index (χ0n) is 14.3. The highest BCUT2D eigenvalue weighted by molar-refractivity contribution is 6.51. The van der Waals surface area contributed by atoms with Crippen LogP contribution in [-0.4, -0.2) is 35.7 Å². The first-order valence-electron chi connectivity index (χ1n) is 8.83. The number of aryl methyl sites for hydroxylation is 1. The van der Waals surface area contributed by atoms with Crippen LogP contribution in [-0.2, 0) is 11.2 Å². The molecule has 0 aromatic heterocycles. The zero-order chi connectivity index (χ0) is 16.6. The Labute approximate surface area is 138 Å². The summed E-state index contributed by atoms with van der Waals surface area (Å²) in [5.41, 5.74) is 3.79. The van der Waals surface area contributed by atoms with Gasteiger partial charge in [0.2, 0.25) is 0 Å². The average molecular weight is 314 g/mol. The first kappa shape index (κ1) is 16.2. The van der Waals surface area contributed by atoms with Crippen LogP contribution in [0.15, 0.2) is 12.1 Å². The van der Waals surface area contributed by atoms with Crippen molar-refractivity contribution in [1.29, 1.82) is 0 Å². The molecular weight excluding hydrogens is 288 g/mol.